The van der Waals surface area contributed by atoms with Crippen LogP contribution in [0.1, 0.15) is 85.5 Å². The summed E-state index contributed by atoms with van der Waals surface area (Å²) >= 11 is 0. The Morgan fingerprint density at radius 2 is 1.71 bits per heavy atom. The van der Waals surface area contributed by atoms with Crippen molar-refractivity contribution in [1.82, 2.24) is 0 Å². The monoisotopic (exact) mass is 432 g/mol. The van der Waals surface area contributed by atoms with Crippen LogP contribution in [-0.2, 0) is 9.53 Å². The van der Waals surface area contributed by atoms with E-state index in [0.29, 0.717) is 58.9 Å². The van der Waals surface area contributed by atoms with E-state index in [1.54, 1.807) is 0 Å². The quantitative estimate of drug-likeness (QED) is 0.626. The molecule has 0 radical (unpaired) electrons. The number of aliphatic hydroxyl groups excluding tert-OH is 2. The third kappa shape index (κ3) is 3.33. The number of carbonyl (C=O) groups excluding carboxylic acids is 1. The highest BCUT2D eigenvalue weighted by Crippen LogP contribution is 2.69. The zero-order chi connectivity index (χ0) is 22.1. The predicted molar refractivity (Wildman–Crippen MR) is 120 cm³/mol. The van der Waals surface area contributed by atoms with Crippen molar-refractivity contribution in [3.8, 4) is 0 Å². The maximum absolute atomic E-state index is 12.2. The van der Waals surface area contributed by atoms with Crippen molar-refractivity contribution in [2.75, 3.05) is 6.61 Å². The van der Waals surface area contributed by atoms with E-state index >= 15 is 0 Å². The molecule has 12 atom stereocenters. The van der Waals surface area contributed by atoms with Crippen LogP contribution in [0, 0.1) is 58.2 Å². The third-order valence-corrected chi connectivity index (χ3v) is 11.5. The maximum atomic E-state index is 12.2. The molecule has 5 saturated carbocycles. The minimum Gasteiger partial charge on any atom is -0.466 e. The molecule has 5 fully saturated rings. The third-order valence-electron chi connectivity index (χ3n) is 11.5. The van der Waals surface area contributed by atoms with Crippen LogP contribution in [-0.4, -0.2) is 35.0 Å². The summed E-state index contributed by atoms with van der Waals surface area (Å²) in [6, 6.07) is 0. The van der Waals surface area contributed by atoms with E-state index in [0.717, 1.165) is 32.1 Å². The van der Waals surface area contributed by atoms with Crippen molar-refractivity contribution in [2.45, 2.75) is 97.7 Å². The fraction of sp³-hybridized carbons (Fsp3) is 0.963. The second-order valence-electron chi connectivity index (χ2n) is 12.6. The van der Waals surface area contributed by atoms with Crippen molar-refractivity contribution in [3.05, 3.63) is 0 Å². The molecule has 5 aliphatic carbocycles. The molecule has 5 aliphatic rings. The maximum Gasteiger partial charge on any atom is 0.309 e. The summed E-state index contributed by atoms with van der Waals surface area (Å²) in [6.07, 6.45) is 9.45. The number of ether oxygens (including phenoxy) is 1. The van der Waals surface area contributed by atoms with Gasteiger partial charge in [-0.1, -0.05) is 20.8 Å². The number of fused-ring (bicyclic) bond motifs is 5. The number of aliphatic hydroxyl groups is 2. The smallest absolute Gasteiger partial charge is 0.309 e. The Morgan fingerprint density at radius 3 is 2.45 bits per heavy atom. The molecule has 0 aromatic carbocycles. The first-order valence-corrected chi connectivity index (χ1v) is 13.2. The van der Waals surface area contributed by atoms with Crippen LogP contribution in [0.3, 0.4) is 0 Å². The lowest BCUT2D eigenvalue weighted by Gasteiger charge is -2.62. The van der Waals surface area contributed by atoms with Gasteiger partial charge in [-0.2, -0.15) is 0 Å². The minimum atomic E-state index is -0.208. The predicted octanol–water partition coefficient (Wildman–Crippen LogP) is 4.81. The molecular formula is C27H44O4. The number of carbonyl (C=O) groups is 1. The second kappa shape index (κ2) is 7.72. The molecule has 0 heterocycles. The molecule has 0 unspecified atom stereocenters. The van der Waals surface area contributed by atoms with E-state index in [9.17, 15) is 15.0 Å². The van der Waals surface area contributed by atoms with E-state index in [4.69, 9.17) is 4.74 Å². The van der Waals surface area contributed by atoms with Crippen LogP contribution in [0.2, 0.25) is 0 Å². The Hall–Kier alpha value is -0.610. The first kappa shape index (κ1) is 22.2. The van der Waals surface area contributed by atoms with Gasteiger partial charge in [-0.15, -0.1) is 0 Å². The highest BCUT2D eigenvalue weighted by Gasteiger charge is 2.64. The zero-order valence-electron chi connectivity index (χ0n) is 20.1. The summed E-state index contributed by atoms with van der Waals surface area (Å²) < 4.78 is 5.30. The van der Waals surface area contributed by atoms with Gasteiger partial charge in [-0.05, 0) is 117 Å². The average Bonchev–Trinajstić information content (AvgIpc) is 3.45. The van der Waals surface area contributed by atoms with Gasteiger partial charge in [0.15, 0.2) is 0 Å². The fourth-order valence-electron chi connectivity index (χ4n) is 9.72. The molecule has 0 bridgehead atoms. The van der Waals surface area contributed by atoms with Gasteiger partial charge < -0.3 is 14.9 Å². The first-order valence-electron chi connectivity index (χ1n) is 13.2. The Balaban J connectivity index is 1.34. The summed E-state index contributed by atoms with van der Waals surface area (Å²) in [4.78, 5) is 12.2. The SMILES string of the molecule is CCOC(=O)[C@@H]1C[C@@H]1[C@@H](C)[C@H]1CC[C@H]2[C@@H]3[C@@H](O)C[C@@H]4C[C@H](O)CC[C@]4(C)[C@H]3CC[C@]12C. The highest BCUT2D eigenvalue weighted by molar-refractivity contribution is 5.75. The van der Waals surface area contributed by atoms with Gasteiger partial charge in [0.25, 0.3) is 0 Å². The Kier molecular flexibility index (Phi) is 5.53. The summed E-state index contributed by atoms with van der Waals surface area (Å²) in [6.45, 7) is 9.78. The Labute approximate surface area is 188 Å². The van der Waals surface area contributed by atoms with Gasteiger partial charge in [0.2, 0.25) is 0 Å². The fourth-order valence-corrected chi connectivity index (χ4v) is 9.72. The largest absolute Gasteiger partial charge is 0.466 e. The van der Waals surface area contributed by atoms with Crippen LogP contribution in [0.25, 0.3) is 0 Å². The van der Waals surface area contributed by atoms with Crippen molar-refractivity contribution in [3.63, 3.8) is 0 Å². The number of rotatable bonds is 4. The van der Waals surface area contributed by atoms with Gasteiger partial charge in [-0.3, -0.25) is 4.79 Å². The molecule has 0 aromatic rings. The van der Waals surface area contributed by atoms with Crippen molar-refractivity contribution in [2.24, 2.45) is 58.2 Å². The highest BCUT2D eigenvalue weighted by atomic mass is 16.5. The first-order chi connectivity index (χ1) is 14.7. The van der Waals surface area contributed by atoms with Gasteiger partial charge in [0.05, 0.1) is 24.7 Å². The van der Waals surface area contributed by atoms with E-state index in [1.165, 1.54) is 25.7 Å². The van der Waals surface area contributed by atoms with E-state index in [2.05, 4.69) is 20.8 Å². The van der Waals surface area contributed by atoms with Crippen molar-refractivity contribution < 1.29 is 19.7 Å². The van der Waals surface area contributed by atoms with Gasteiger partial charge in [0, 0.05) is 0 Å². The van der Waals surface area contributed by atoms with Crippen LogP contribution in [0.4, 0.5) is 0 Å². The Bertz CT molecular complexity index is 707. The molecule has 0 aliphatic heterocycles. The minimum absolute atomic E-state index is 0.0175. The molecule has 0 saturated heterocycles. The molecule has 0 amide bonds. The number of hydrogen-bond acceptors (Lipinski definition) is 4. The van der Waals surface area contributed by atoms with Crippen LogP contribution < -0.4 is 0 Å². The number of esters is 1. The Morgan fingerprint density at radius 1 is 1.00 bits per heavy atom. The summed E-state index contributed by atoms with van der Waals surface area (Å²) in [7, 11) is 0. The zero-order valence-corrected chi connectivity index (χ0v) is 20.1. The van der Waals surface area contributed by atoms with Crippen molar-refractivity contribution in [1.29, 1.82) is 0 Å². The lowest BCUT2D eigenvalue weighted by Crippen LogP contribution is -2.58. The molecule has 4 heteroatoms. The molecule has 31 heavy (non-hydrogen) atoms. The lowest BCUT2D eigenvalue weighted by molar-refractivity contribution is -0.174. The van der Waals surface area contributed by atoms with Crippen LogP contribution in [0.15, 0.2) is 0 Å². The van der Waals surface area contributed by atoms with Crippen LogP contribution in [0.5, 0.6) is 0 Å². The van der Waals surface area contributed by atoms with Gasteiger partial charge in [0.1, 0.15) is 0 Å². The van der Waals surface area contributed by atoms with E-state index < -0.39 is 0 Å². The molecule has 176 valence electrons. The lowest BCUT2D eigenvalue weighted by atomic mass is 9.43. The van der Waals surface area contributed by atoms with E-state index in [-0.39, 0.29) is 24.1 Å². The second-order valence-corrected chi connectivity index (χ2v) is 12.6. The summed E-state index contributed by atoms with van der Waals surface area (Å²) in [5.74, 6) is 3.98. The number of hydrogen-bond donors (Lipinski definition) is 2. The van der Waals surface area contributed by atoms with Gasteiger partial charge in [-0.25, -0.2) is 0 Å². The normalized spacial score (nSPS) is 54.3. The molecule has 0 spiro atoms. The van der Waals surface area contributed by atoms with Crippen molar-refractivity contribution >= 4 is 5.97 Å². The standard InChI is InChI=1S/C27H44O4/c1-5-31-25(30)19-14-18(19)15(2)20-6-7-21-24-22(9-11-27(20,21)4)26(3)10-8-17(28)12-16(26)13-23(24)29/h15-24,28-29H,5-14H2,1-4H3/t15-,16+,17-,18-,19-,20-,21+,22+,23+,24+,26+,27-/m1/s1. The van der Waals surface area contributed by atoms with Crippen LogP contribution >= 0.6 is 0 Å². The average molecular weight is 433 g/mol. The summed E-state index contributed by atoms with van der Waals surface area (Å²) in [5, 5.41) is 21.7. The molecule has 5 rings (SSSR count). The van der Waals surface area contributed by atoms with Gasteiger partial charge >= 0.3 is 5.97 Å². The topological polar surface area (TPSA) is 66.8 Å². The summed E-state index contributed by atoms with van der Waals surface area (Å²) in [5.41, 5.74) is 0.584. The molecule has 0 aromatic heterocycles. The molecular weight excluding hydrogens is 388 g/mol. The molecule has 4 nitrogen and oxygen atoms in total. The van der Waals surface area contributed by atoms with E-state index in [1.807, 2.05) is 6.92 Å². The molecule has 2 N–H and O–H groups in total.